The van der Waals surface area contributed by atoms with E-state index >= 15 is 0 Å². The van der Waals surface area contributed by atoms with Crippen LogP contribution in [0.4, 0.5) is 23.2 Å². The third-order valence-electron chi connectivity index (χ3n) is 2.56. The number of hydrogen-bond donors (Lipinski definition) is 1. The first-order valence-corrected chi connectivity index (χ1v) is 8.19. The summed E-state index contributed by atoms with van der Waals surface area (Å²) < 4.78 is 81.0. The number of benzene rings is 2. The van der Waals surface area contributed by atoms with Crippen LogP contribution in [0.1, 0.15) is 0 Å². The average Bonchev–Trinajstić information content (AvgIpc) is 2.38. The van der Waals surface area contributed by atoms with E-state index in [4.69, 9.17) is 0 Å². The summed E-state index contributed by atoms with van der Waals surface area (Å²) in [7, 11) is -4.35. The van der Waals surface area contributed by atoms with Gasteiger partial charge in [0.2, 0.25) is 0 Å². The first kappa shape index (κ1) is 17.5. The molecule has 0 unspecified atom stereocenters. The summed E-state index contributed by atoms with van der Waals surface area (Å²) in [5.41, 5.74) is -0.0118. The Morgan fingerprint density at radius 2 is 1.70 bits per heavy atom. The molecular weight excluding hydrogens is 406 g/mol. The number of halogens is 5. The van der Waals surface area contributed by atoms with Crippen molar-refractivity contribution < 1.29 is 30.7 Å². The van der Waals surface area contributed by atoms with Crippen molar-refractivity contribution in [2.75, 3.05) is 4.72 Å². The monoisotopic (exact) mass is 413 g/mol. The fourth-order valence-corrected chi connectivity index (χ4v) is 3.92. The lowest BCUT2D eigenvalue weighted by molar-refractivity contribution is -0.0498. The maximum absolute atomic E-state index is 13.7. The highest BCUT2D eigenvalue weighted by Crippen LogP contribution is 2.28. The van der Waals surface area contributed by atoms with Gasteiger partial charge in [0, 0.05) is 16.2 Å². The van der Waals surface area contributed by atoms with Crippen molar-refractivity contribution in [2.45, 2.75) is 11.5 Å². The van der Waals surface area contributed by atoms with Crippen LogP contribution in [0.5, 0.6) is 5.75 Å². The molecule has 0 spiro atoms. The maximum atomic E-state index is 13.7. The van der Waals surface area contributed by atoms with Crippen molar-refractivity contribution in [1.29, 1.82) is 0 Å². The maximum Gasteiger partial charge on any atom is 0.387 e. The minimum absolute atomic E-state index is 0.0118. The minimum atomic E-state index is -4.35. The van der Waals surface area contributed by atoms with E-state index in [2.05, 4.69) is 25.4 Å². The molecule has 0 aliphatic heterocycles. The molecule has 0 bridgehead atoms. The van der Waals surface area contributed by atoms with Crippen LogP contribution in [-0.4, -0.2) is 15.0 Å². The summed E-state index contributed by atoms with van der Waals surface area (Å²) in [4.78, 5) is -0.771. The number of ether oxygens (including phenoxy) is 1. The van der Waals surface area contributed by atoms with Gasteiger partial charge in [-0.1, -0.05) is 0 Å². The molecule has 0 fully saturated rings. The summed E-state index contributed by atoms with van der Waals surface area (Å²) in [6.45, 7) is -3.01. The van der Waals surface area contributed by atoms with E-state index in [1.165, 1.54) is 0 Å². The standard InChI is InChI=1S/C13H8BrF4NO3S/c14-10-5-7(15)6-11(16)12(10)23(20,21)19-8-1-3-9(4-2-8)22-13(17)18/h1-6,13,19H. The molecule has 10 heteroatoms. The number of hydrogen-bond acceptors (Lipinski definition) is 3. The van der Waals surface area contributed by atoms with Crippen LogP contribution in [0, 0.1) is 11.6 Å². The van der Waals surface area contributed by atoms with E-state index in [1.807, 2.05) is 0 Å². The molecule has 0 saturated carbocycles. The Hall–Kier alpha value is -1.81. The number of sulfonamides is 1. The van der Waals surface area contributed by atoms with Gasteiger partial charge < -0.3 is 4.74 Å². The van der Waals surface area contributed by atoms with E-state index in [0.717, 1.165) is 30.3 Å². The van der Waals surface area contributed by atoms with E-state index in [-0.39, 0.29) is 15.9 Å². The van der Waals surface area contributed by atoms with Crippen LogP contribution >= 0.6 is 15.9 Å². The van der Waals surface area contributed by atoms with Crippen LogP contribution in [0.25, 0.3) is 0 Å². The first-order valence-electron chi connectivity index (χ1n) is 5.91. The molecule has 0 radical (unpaired) electrons. The number of nitrogens with one attached hydrogen (secondary N) is 1. The van der Waals surface area contributed by atoms with Gasteiger partial charge in [-0.3, -0.25) is 4.72 Å². The molecule has 0 amide bonds. The number of rotatable bonds is 5. The molecular formula is C13H8BrF4NO3S. The smallest absolute Gasteiger partial charge is 0.387 e. The topological polar surface area (TPSA) is 55.4 Å². The Labute approximate surface area is 137 Å². The Morgan fingerprint density at radius 3 is 2.22 bits per heavy atom. The van der Waals surface area contributed by atoms with Crippen molar-refractivity contribution in [2.24, 2.45) is 0 Å². The normalized spacial score (nSPS) is 11.6. The van der Waals surface area contributed by atoms with E-state index < -0.39 is 33.2 Å². The van der Waals surface area contributed by atoms with Gasteiger partial charge in [0.25, 0.3) is 10.0 Å². The van der Waals surface area contributed by atoms with Crippen LogP contribution in [0.3, 0.4) is 0 Å². The number of alkyl halides is 2. The lowest BCUT2D eigenvalue weighted by Crippen LogP contribution is -2.15. The zero-order valence-electron chi connectivity index (χ0n) is 11.1. The zero-order valence-corrected chi connectivity index (χ0v) is 13.5. The van der Waals surface area contributed by atoms with Gasteiger partial charge in [-0.25, -0.2) is 17.2 Å². The van der Waals surface area contributed by atoms with E-state index in [0.29, 0.717) is 6.07 Å². The number of anilines is 1. The van der Waals surface area contributed by atoms with Gasteiger partial charge in [0.05, 0.1) is 0 Å². The Balaban J connectivity index is 2.28. The second kappa shape index (κ2) is 6.75. The summed E-state index contributed by atoms with van der Waals surface area (Å²) >= 11 is 2.78. The molecule has 2 aromatic rings. The summed E-state index contributed by atoms with van der Waals surface area (Å²) in [5, 5.41) is 0. The molecule has 0 atom stereocenters. The molecule has 124 valence electrons. The minimum Gasteiger partial charge on any atom is -0.435 e. The molecule has 2 rings (SSSR count). The van der Waals surface area contributed by atoms with Crippen molar-refractivity contribution in [1.82, 2.24) is 0 Å². The van der Waals surface area contributed by atoms with Crippen LogP contribution in [0.2, 0.25) is 0 Å². The van der Waals surface area contributed by atoms with Gasteiger partial charge >= 0.3 is 6.61 Å². The lowest BCUT2D eigenvalue weighted by Gasteiger charge is -2.11. The Bertz CT molecular complexity index is 789. The van der Waals surface area contributed by atoms with Crippen molar-refractivity contribution in [3.8, 4) is 5.75 Å². The first-order chi connectivity index (χ1) is 10.7. The molecule has 0 aliphatic rings. The molecule has 0 heterocycles. The van der Waals surface area contributed by atoms with Crippen molar-refractivity contribution in [3.05, 3.63) is 52.5 Å². The second-order valence-electron chi connectivity index (χ2n) is 4.21. The third kappa shape index (κ3) is 4.35. The fraction of sp³-hybridized carbons (Fsp3) is 0.0769. The van der Waals surface area contributed by atoms with Gasteiger partial charge in [0.15, 0.2) is 0 Å². The van der Waals surface area contributed by atoms with Crippen LogP contribution in [-0.2, 0) is 10.0 Å². The highest BCUT2D eigenvalue weighted by atomic mass is 79.9. The third-order valence-corrected chi connectivity index (χ3v) is 4.91. The predicted octanol–water partition coefficient (Wildman–Crippen LogP) is 4.13. The molecule has 4 nitrogen and oxygen atoms in total. The van der Waals surface area contributed by atoms with Crippen molar-refractivity contribution in [3.63, 3.8) is 0 Å². The van der Waals surface area contributed by atoms with Crippen LogP contribution in [0.15, 0.2) is 45.8 Å². The lowest BCUT2D eigenvalue weighted by atomic mass is 10.3. The van der Waals surface area contributed by atoms with Gasteiger partial charge in [0.1, 0.15) is 22.3 Å². The van der Waals surface area contributed by atoms with Gasteiger partial charge in [-0.15, -0.1) is 0 Å². The molecule has 0 aromatic heterocycles. The molecule has 0 aliphatic carbocycles. The molecule has 2 aromatic carbocycles. The SMILES string of the molecule is O=S(=O)(Nc1ccc(OC(F)F)cc1)c1c(F)cc(F)cc1Br. The summed E-state index contributed by atoms with van der Waals surface area (Å²) in [5.74, 6) is -2.39. The second-order valence-corrected chi connectivity index (χ2v) is 6.68. The molecule has 1 N–H and O–H groups in total. The quantitative estimate of drug-likeness (QED) is 0.749. The van der Waals surface area contributed by atoms with Crippen molar-refractivity contribution >= 4 is 31.6 Å². The van der Waals surface area contributed by atoms with Gasteiger partial charge in [-0.05, 0) is 46.3 Å². The summed E-state index contributed by atoms with van der Waals surface area (Å²) in [6, 6.07) is 5.77. The van der Waals surface area contributed by atoms with E-state index in [9.17, 15) is 26.0 Å². The predicted molar refractivity (Wildman–Crippen MR) is 77.9 cm³/mol. The van der Waals surface area contributed by atoms with Gasteiger partial charge in [-0.2, -0.15) is 8.78 Å². The molecule has 23 heavy (non-hydrogen) atoms. The molecule has 0 saturated heterocycles. The largest absolute Gasteiger partial charge is 0.435 e. The average molecular weight is 414 g/mol. The summed E-state index contributed by atoms with van der Waals surface area (Å²) in [6.07, 6.45) is 0. The Morgan fingerprint density at radius 1 is 1.09 bits per heavy atom. The highest BCUT2D eigenvalue weighted by Gasteiger charge is 2.23. The van der Waals surface area contributed by atoms with Crippen LogP contribution < -0.4 is 9.46 Å². The Kier molecular flexibility index (Phi) is 5.15. The zero-order chi connectivity index (χ0) is 17.2. The fourth-order valence-electron chi connectivity index (χ4n) is 1.70. The van der Waals surface area contributed by atoms with E-state index in [1.54, 1.807) is 0 Å². The highest BCUT2D eigenvalue weighted by molar-refractivity contribution is 9.10.